The molecule has 1 rings (SSSR count). The van der Waals surface area contributed by atoms with Crippen LogP contribution in [0, 0.1) is 0 Å². The van der Waals surface area contributed by atoms with Gasteiger partial charge >= 0.3 is 0 Å². The van der Waals surface area contributed by atoms with Gasteiger partial charge in [-0.15, -0.1) is 0 Å². The smallest absolute Gasteiger partial charge is 0.111 e. The van der Waals surface area contributed by atoms with Crippen molar-refractivity contribution in [1.82, 2.24) is 14.9 Å². The first kappa shape index (κ1) is 13.2. The number of nitrogens with one attached hydrogen (secondary N) is 1. The molecule has 16 heavy (non-hydrogen) atoms. The van der Waals surface area contributed by atoms with Gasteiger partial charge in [0.15, 0.2) is 0 Å². The Morgan fingerprint density at radius 1 is 1.56 bits per heavy atom. The largest absolute Gasteiger partial charge is 0.390 e. The van der Waals surface area contributed by atoms with Crippen molar-refractivity contribution < 1.29 is 5.11 Å². The average Bonchev–Trinajstić information content (AvgIpc) is 2.63. The highest BCUT2D eigenvalue weighted by atomic mass is 16.3. The van der Waals surface area contributed by atoms with Gasteiger partial charge in [-0.25, -0.2) is 4.98 Å². The summed E-state index contributed by atoms with van der Waals surface area (Å²) in [6.07, 6.45) is 6.22. The molecule has 92 valence electrons. The van der Waals surface area contributed by atoms with Crippen molar-refractivity contribution >= 4 is 0 Å². The Kier molecular flexibility index (Phi) is 4.96. The van der Waals surface area contributed by atoms with Gasteiger partial charge in [-0.1, -0.05) is 6.92 Å². The van der Waals surface area contributed by atoms with Gasteiger partial charge in [-0.05, 0) is 33.4 Å². The van der Waals surface area contributed by atoms with Crippen LogP contribution in [0.3, 0.4) is 0 Å². The lowest BCUT2D eigenvalue weighted by Gasteiger charge is -2.23. The van der Waals surface area contributed by atoms with Gasteiger partial charge in [-0.2, -0.15) is 0 Å². The molecule has 4 heteroatoms. The van der Waals surface area contributed by atoms with Crippen LogP contribution in [-0.2, 0) is 13.0 Å². The summed E-state index contributed by atoms with van der Waals surface area (Å²) in [5.74, 6) is 0.975. The molecule has 0 radical (unpaired) electrons. The molecule has 0 aliphatic carbocycles. The molecule has 0 saturated carbocycles. The van der Waals surface area contributed by atoms with Crippen LogP contribution in [0.5, 0.6) is 0 Å². The van der Waals surface area contributed by atoms with Crippen LogP contribution in [0.2, 0.25) is 0 Å². The van der Waals surface area contributed by atoms with Crippen molar-refractivity contribution in [2.75, 3.05) is 13.6 Å². The summed E-state index contributed by atoms with van der Waals surface area (Å²) in [5.41, 5.74) is -0.681. The average molecular weight is 225 g/mol. The van der Waals surface area contributed by atoms with Gasteiger partial charge in [0.2, 0.25) is 0 Å². The molecule has 0 amide bonds. The summed E-state index contributed by atoms with van der Waals surface area (Å²) in [4.78, 5) is 4.31. The van der Waals surface area contributed by atoms with Gasteiger partial charge in [0.25, 0.3) is 0 Å². The Labute approximate surface area is 97.7 Å². The fourth-order valence-corrected chi connectivity index (χ4v) is 1.78. The van der Waals surface area contributed by atoms with Crippen molar-refractivity contribution in [2.24, 2.45) is 0 Å². The number of aromatic nitrogens is 2. The minimum absolute atomic E-state index is 0.613. The molecular weight excluding hydrogens is 202 g/mol. The molecule has 0 aromatic carbocycles. The third-order valence-electron chi connectivity index (χ3n) is 2.72. The molecule has 0 saturated heterocycles. The summed E-state index contributed by atoms with van der Waals surface area (Å²) >= 11 is 0. The maximum Gasteiger partial charge on any atom is 0.111 e. The van der Waals surface area contributed by atoms with Gasteiger partial charge in [0.05, 0.1) is 5.60 Å². The van der Waals surface area contributed by atoms with Crippen LogP contribution in [-0.4, -0.2) is 33.9 Å². The highest BCUT2D eigenvalue weighted by Gasteiger charge is 2.22. The van der Waals surface area contributed by atoms with Crippen LogP contribution in [0.25, 0.3) is 0 Å². The first-order valence-corrected chi connectivity index (χ1v) is 5.96. The fourth-order valence-electron chi connectivity index (χ4n) is 1.78. The monoisotopic (exact) mass is 225 g/mol. The quantitative estimate of drug-likeness (QED) is 0.733. The number of hydrogen-bond acceptors (Lipinski definition) is 3. The number of hydrogen-bond donors (Lipinski definition) is 2. The van der Waals surface area contributed by atoms with Crippen LogP contribution in [0.1, 0.15) is 32.5 Å². The molecule has 1 aromatic heterocycles. The van der Waals surface area contributed by atoms with E-state index < -0.39 is 5.60 Å². The third-order valence-corrected chi connectivity index (χ3v) is 2.72. The van der Waals surface area contributed by atoms with E-state index in [0.717, 1.165) is 31.8 Å². The van der Waals surface area contributed by atoms with Crippen molar-refractivity contribution in [3.8, 4) is 0 Å². The lowest BCUT2D eigenvalue weighted by atomic mass is 9.97. The maximum absolute atomic E-state index is 10.2. The van der Waals surface area contributed by atoms with Gasteiger partial charge < -0.3 is 15.0 Å². The van der Waals surface area contributed by atoms with Crippen molar-refractivity contribution in [1.29, 1.82) is 0 Å². The van der Waals surface area contributed by atoms with Crippen LogP contribution >= 0.6 is 0 Å². The topological polar surface area (TPSA) is 50.1 Å². The molecular formula is C12H23N3O. The summed E-state index contributed by atoms with van der Waals surface area (Å²) in [6, 6.07) is 0. The van der Waals surface area contributed by atoms with E-state index in [2.05, 4.69) is 21.8 Å². The molecule has 1 aromatic rings. The number of imidazole rings is 1. The molecule has 1 unspecified atom stereocenters. The number of aryl methyl sites for hydroxylation is 1. The summed E-state index contributed by atoms with van der Waals surface area (Å²) in [6.45, 7) is 5.80. The second kappa shape index (κ2) is 6.01. The predicted octanol–water partition coefficient (Wildman–Crippen LogP) is 1.20. The second-order valence-electron chi connectivity index (χ2n) is 4.56. The highest BCUT2D eigenvalue weighted by molar-refractivity contribution is 4.97. The number of nitrogens with zero attached hydrogens (tertiary/aromatic N) is 2. The van der Waals surface area contributed by atoms with Gasteiger partial charge in [-0.3, -0.25) is 0 Å². The minimum atomic E-state index is -0.681. The standard InChI is InChI=1S/C12H23N3O/c1-4-8-15-9-7-14-11(15)10-12(2,16)5-6-13-3/h7,9,13,16H,4-6,8,10H2,1-3H3. The van der Waals surface area contributed by atoms with Gasteiger partial charge in [0, 0.05) is 25.4 Å². The first-order chi connectivity index (χ1) is 7.59. The molecule has 0 bridgehead atoms. The van der Waals surface area contributed by atoms with Crippen LogP contribution in [0.15, 0.2) is 12.4 Å². The van der Waals surface area contributed by atoms with E-state index >= 15 is 0 Å². The lowest BCUT2D eigenvalue weighted by Crippen LogP contribution is -2.32. The van der Waals surface area contributed by atoms with E-state index in [1.165, 1.54) is 0 Å². The lowest BCUT2D eigenvalue weighted by molar-refractivity contribution is 0.0491. The Bertz CT molecular complexity index is 307. The molecule has 1 heterocycles. The summed E-state index contributed by atoms with van der Waals surface area (Å²) in [5, 5.41) is 13.3. The highest BCUT2D eigenvalue weighted by Crippen LogP contribution is 2.15. The third kappa shape index (κ3) is 3.94. The Morgan fingerprint density at radius 3 is 2.94 bits per heavy atom. The van der Waals surface area contributed by atoms with E-state index in [4.69, 9.17) is 0 Å². The van der Waals surface area contributed by atoms with E-state index in [1.807, 2.05) is 20.2 Å². The fraction of sp³-hybridized carbons (Fsp3) is 0.750. The van der Waals surface area contributed by atoms with E-state index in [0.29, 0.717) is 6.42 Å². The Balaban J connectivity index is 2.60. The van der Waals surface area contributed by atoms with Crippen LogP contribution < -0.4 is 5.32 Å². The molecule has 0 fully saturated rings. The molecule has 0 aliphatic rings. The summed E-state index contributed by atoms with van der Waals surface area (Å²) in [7, 11) is 1.90. The SMILES string of the molecule is CCCn1ccnc1CC(C)(O)CCNC. The second-order valence-corrected chi connectivity index (χ2v) is 4.56. The molecule has 1 atom stereocenters. The van der Waals surface area contributed by atoms with E-state index in [9.17, 15) is 5.11 Å². The number of aliphatic hydroxyl groups is 1. The zero-order chi connectivity index (χ0) is 12.0. The maximum atomic E-state index is 10.2. The molecule has 0 spiro atoms. The Hall–Kier alpha value is -0.870. The number of rotatable bonds is 7. The molecule has 4 nitrogen and oxygen atoms in total. The zero-order valence-electron chi connectivity index (χ0n) is 10.5. The van der Waals surface area contributed by atoms with Gasteiger partial charge in [0.1, 0.15) is 5.82 Å². The molecule has 0 aliphatic heterocycles. The van der Waals surface area contributed by atoms with Crippen LogP contribution in [0.4, 0.5) is 0 Å². The molecule has 2 N–H and O–H groups in total. The Morgan fingerprint density at radius 2 is 2.31 bits per heavy atom. The van der Waals surface area contributed by atoms with Crippen molar-refractivity contribution in [3.05, 3.63) is 18.2 Å². The van der Waals surface area contributed by atoms with E-state index in [-0.39, 0.29) is 0 Å². The van der Waals surface area contributed by atoms with Crippen molar-refractivity contribution in [2.45, 2.75) is 45.3 Å². The summed E-state index contributed by atoms with van der Waals surface area (Å²) < 4.78 is 2.12. The predicted molar refractivity (Wildman–Crippen MR) is 65.4 cm³/mol. The van der Waals surface area contributed by atoms with Crippen molar-refractivity contribution in [3.63, 3.8) is 0 Å². The van der Waals surface area contributed by atoms with E-state index in [1.54, 1.807) is 6.20 Å². The minimum Gasteiger partial charge on any atom is -0.390 e. The first-order valence-electron chi connectivity index (χ1n) is 5.96. The normalized spacial score (nSPS) is 15.0. The zero-order valence-corrected chi connectivity index (χ0v) is 10.5.